The first-order chi connectivity index (χ1) is 18.8. The summed E-state index contributed by atoms with van der Waals surface area (Å²) in [4.78, 5) is 12.9. The SMILES string of the molecule is Cc1ccc(S(=O)(=O)N(CC(=O)N/N=C\c2ccc(OCc3ccccc3)cc2)Cc2ccc(Br)cc2)cc1. The second-order valence-corrected chi connectivity index (χ2v) is 11.7. The summed E-state index contributed by atoms with van der Waals surface area (Å²) in [6.45, 7) is 1.99. The molecule has 9 heteroatoms. The number of benzene rings is 4. The molecule has 7 nitrogen and oxygen atoms in total. The second kappa shape index (κ2) is 13.3. The molecule has 0 aromatic heterocycles. The fraction of sp³-hybridized carbons (Fsp3) is 0.133. The largest absolute Gasteiger partial charge is 0.489 e. The fourth-order valence-electron chi connectivity index (χ4n) is 3.64. The molecular weight excluding hydrogens is 578 g/mol. The van der Waals surface area contributed by atoms with E-state index in [1.807, 2.05) is 85.8 Å². The minimum Gasteiger partial charge on any atom is -0.489 e. The maximum atomic E-state index is 13.4. The van der Waals surface area contributed by atoms with Gasteiger partial charge in [0.15, 0.2) is 0 Å². The van der Waals surface area contributed by atoms with Crippen molar-refractivity contribution < 1.29 is 17.9 Å². The zero-order chi connectivity index (χ0) is 27.7. The Balaban J connectivity index is 1.39. The van der Waals surface area contributed by atoms with Gasteiger partial charge in [0, 0.05) is 11.0 Å². The van der Waals surface area contributed by atoms with Crippen LogP contribution in [0.15, 0.2) is 118 Å². The van der Waals surface area contributed by atoms with Crippen LogP contribution in [-0.2, 0) is 28.0 Å². The molecule has 0 bridgehead atoms. The summed E-state index contributed by atoms with van der Waals surface area (Å²) in [6, 6.07) is 31.0. The van der Waals surface area contributed by atoms with E-state index in [9.17, 15) is 13.2 Å². The number of carbonyl (C=O) groups is 1. The third-order valence-corrected chi connectivity index (χ3v) is 8.12. The lowest BCUT2D eigenvalue weighted by Crippen LogP contribution is -2.39. The molecule has 1 amide bonds. The van der Waals surface area contributed by atoms with Crippen molar-refractivity contribution in [1.82, 2.24) is 9.73 Å². The van der Waals surface area contributed by atoms with E-state index in [1.165, 1.54) is 6.21 Å². The predicted molar refractivity (Wildman–Crippen MR) is 156 cm³/mol. The molecular formula is C30H28BrN3O4S. The maximum Gasteiger partial charge on any atom is 0.255 e. The summed E-state index contributed by atoms with van der Waals surface area (Å²) < 4.78 is 34.6. The minimum atomic E-state index is -3.93. The van der Waals surface area contributed by atoms with Crippen LogP contribution in [0.2, 0.25) is 0 Å². The number of rotatable bonds is 11. The Kier molecular flexibility index (Phi) is 9.64. The van der Waals surface area contributed by atoms with Gasteiger partial charge in [-0.25, -0.2) is 13.8 Å². The quantitative estimate of drug-likeness (QED) is 0.176. The van der Waals surface area contributed by atoms with Gasteiger partial charge >= 0.3 is 0 Å². The molecule has 4 rings (SSSR count). The van der Waals surface area contributed by atoms with Crippen LogP contribution in [0.4, 0.5) is 0 Å². The topological polar surface area (TPSA) is 88.1 Å². The number of hydrogen-bond donors (Lipinski definition) is 1. The van der Waals surface area contributed by atoms with E-state index >= 15 is 0 Å². The molecule has 0 spiro atoms. The minimum absolute atomic E-state index is 0.0328. The highest BCUT2D eigenvalue weighted by Crippen LogP contribution is 2.20. The summed E-state index contributed by atoms with van der Waals surface area (Å²) in [6.07, 6.45) is 1.49. The van der Waals surface area contributed by atoms with E-state index in [4.69, 9.17) is 4.74 Å². The average Bonchev–Trinajstić information content (AvgIpc) is 2.94. The molecule has 0 heterocycles. The lowest BCUT2D eigenvalue weighted by Gasteiger charge is -2.21. The number of hydrogen-bond acceptors (Lipinski definition) is 5. The highest BCUT2D eigenvalue weighted by atomic mass is 79.9. The summed E-state index contributed by atoms with van der Waals surface area (Å²) in [7, 11) is -3.93. The van der Waals surface area contributed by atoms with Crippen LogP contribution in [0.25, 0.3) is 0 Å². The third kappa shape index (κ3) is 8.35. The number of halogens is 1. The molecule has 0 atom stereocenters. The fourth-order valence-corrected chi connectivity index (χ4v) is 5.29. The van der Waals surface area contributed by atoms with Gasteiger partial charge in [0.05, 0.1) is 17.7 Å². The van der Waals surface area contributed by atoms with Gasteiger partial charge in [-0.05, 0) is 72.1 Å². The van der Waals surface area contributed by atoms with Gasteiger partial charge in [-0.3, -0.25) is 4.79 Å². The van der Waals surface area contributed by atoms with Crippen LogP contribution in [0, 0.1) is 6.92 Å². The van der Waals surface area contributed by atoms with Crippen LogP contribution in [-0.4, -0.2) is 31.4 Å². The lowest BCUT2D eigenvalue weighted by molar-refractivity contribution is -0.121. The predicted octanol–water partition coefficient (Wildman–Crippen LogP) is 5.68. The first-order valence-corrected chi connectivity index (χ1v) is 14.4. The van der Waals surface area contributed by atoms with Gasteiger partial charge in [-0.2, -0.15) is 9.41 Å². The molecule has 0 aliphatic heterocycles. The van der Waals surface area contributed by atoms with E-state index < -0.39 is 22.5 Å². The summed E-state index contributed by atoms with van der Waals surface area (Å²) in [5.41, 5.74) is 5.95. The van der Waals surface area contributed by atoms with Crippen LogP contribution in [0.3, 0.4) is 0 Å². The van der Waals surface area contributed by atoms with Gasteiger partial charge in [-0.15, -0.1) is 0 Å². The first-order valence-electron chi connectivity index (χ1n) is 12.2. The Morgan fingerprint density at radius 1 is 0.897 bits per heavy atom. The summed E-state index contributed by atoms with van der Waals surface area (Å²) in [5, 5.41) is 4.01. The van der Waals surface area contributed by atoms with Crippen LogP contribution < -0.4 is 10.2 Å². The molecule has 200 valence electrons. The number of nitrogens with one attached hydrogen (secondary N) is 1. The van der Waals surface area contributed by atoms with E-state index in [1.54, 1.807) is 24.3 Å². The van der Waals surface area contributed by atoms with Gasteiger partial charge in [0.1, 0.15) is 12.4 Å². The van der Waals surface area contributed by atoms with E-state index in [0.29, 0.717) is 12.4 Å². The van der Waals surface area contributed by atoms with Gasteiger partial charge < -0.3 is 4.74 Å². The zero-order valence-electron chi connectivity index (χ0n) is 21.3. The van der Waals surface area contributed by atoms with Crippen LogP contribution in [0.1, 0.15) is 22.3 Å². The molecule has 0 radical (unpaired) electrons. The van der Waals surface area contributed by atoms with Crippen molar-refractivity contribution in [3.8, 4) is 5.75 Å². The third-order valence-electron chi connectivity index (χ3n) is 5.78. The van der Waals surface area contributed by atoms with Crippen LogP contribution >= 0.6 is 15.9 Å². The number of amides is 1. The number of nitrogens with zero attached hydrogens (tertiary/aromatic N) is 2. The summed E-state index contributed by atoms with van der Waals surface area (Å²) in [5.74, 6) is 0.159. The Labute approximate surface area is 237 Å². The van der Waals surface area contributed by atoms with Crippen molar-refractivity contribution in [2.75, 3.05) is 6.54 Å². The number of hydrazone groups is 1. The summed E-state index contributed by atoms with van der Waals surface area (Å²) >= 11 is 3.39. The van der Waals surface area contributed by atoms with E-state index in [-0.39, 0.29) is 11.4 Å². The molecule has 1 N–H and O–H groups in total. The van der Waals surface area contributed by atoms with Crippen molar-refractivity contribution in [2.45, 2.75) is 25.0 Å². The monoisotopic (exact) mass is 605 g/mol. The van der Waals surface area contributed by atoms with Crippen molar-refractivity contribution in [3.63, 3.8) is 0 Å². The molecule has 0 unspecified atom stereocenters. The molecule has 39 heavy (non-hydrogen) atoms. The normalized spacial score (nSPS) is 11.6. The Morgan fingerprint density at radius 3 is 2.23 bits per heavy atom. The van der Waals surface area contributed by atoms with Gasteiger partial charge in [-0.1, -0.05) is 76.1 Å². The van der Waals surface area contributed by atoms with E-state index in [0.717, 1.165) is 31.0 Å². The number of carbonyl (C=O) groups excluding carboxylic acids is 1. The molecule has 0 aliphatic rings. The van der Waals surface area contributed by atoms with Gasteiger partial charge in [0.2, 0.25) is 10.0 Å². The molecule has 0 saturated heterocycles. The van der Waals surface area contributed by atoms with Crippen molar-refractivity contribution in [2.24, 2.45) is 5.10 Å². The highest BCUT2D eigenvalue weighted by molar-refractivity contribution is 9.10. The Hall–Kier alpha value is -3.79. The molecule has 0 saturated carbocycles. The molecule has 4 aromatic carbocycles. The molecule has 0 aliphatic carbocycles. The Bertz CT molecular complexity index is 1510. The zero-order valence-corrected chi connectivity index (χ0v) is 23.7. The maximum absolute atomic E-state index is 13.4. The van der Waals surface area contributed by atoms with Gasteiger partial charge in [0.25, 0.3) is 5.91 Å². The number of ether oxygens (including phenoxy) is 1. The van der Waals surface area contributed by atoms with Crippen molar-refractivity contribution in [3.05, 3.63) is 130 Å². The second-order valence-electron chi connectivity index (χ2n) is 8.85. The number of aryl methyl sites for hydroxylation is 1. The van der Waals surface area contributed by atoms with Crippen LogP contribution in [0.5, 0.6) is 5.75 Å². The molecule has 0 fully saturated rings. The van der Waals surface area contributed by atoms with Crippen molar-refractivity contribution >= 4 is 38.1 Å². The van der Waals surface area contributed by atoms with Crippen molar-refractivity contribution in [1.29, 1.82) is 0 Å². The highest BCUT2D eigenvalue weighted by Gasteiger charge is 2.27. The molecule has 4 aromatic rings. The smallest absolute Gasteiger partial charge is 0.255 e. The average molecular weight is 607 g/mol. The lowest BCUT2D eigenvalue weighted by atomic mass is 10.2. The van der Waals surface area contributed by atoms with E-state index in [2.05, 4.69) is 26.5 Å². The number of sulfonamides is 1. The first kappa shape index (κ1) is 28.2. The Morgan fingerprint density at radius 2 is 1.56 bits per heavy atom. The standard InChI is InChI=1S/C30H28BrN3O4S/c1-23-7-17-29(18-8-23)39(36,37)34(20-25-9-13-27(31)14-10-25)21-30(35)33-32-19-24-11-15-28(16-12-24)38-22-26-5-3-2-4-6-26/h2-19H,20-22H2,1H3,(H,33,35)/b32-19-.